The molecule has 88 valence electrons. The van der Waals surface area contributed by atoms with Crippen LogP contribution in [0, 0.1) is 11.3 Å². The number of nitrogens with one attached hydrogen (secondary N) is 2. The van der Waals surface area contributed by atoms with Crippen molar-refractivity contribution in [2.45, 2.75) is 19.9 Å². The molecule has 2 N–H and O–H groups in total. The Morgan fingerprint density at radius 3 is 2.41 bits per heavy atom. The lowest BCUT2D eigenvalue weighted by atomic mass is 10.1. The number of nitriles is 1. The summed E-state index contributed by atoms with van der Waals surface area (Å²) in [4.78, 5) is 11.7. The van der Waals surface area contributed by atoms with E-state index in [1.165, 1.54) is 0 Å². The number of rotatable bonds is 2. The summed E-state index contributed by atoms with van der Waals surface area (Å²) < 4.78 is 0. The number of carbonyl (C=O) groups excluding carboxylic acids is 1. The second kappa shape index (κ2) is 5.97. The molecule has 0 fully saturated rings. The summed E-state index contributed by atoms with van der Waals surface area (Å²) in [5, 5.41) is 14.4. The highest BCUT2D eigenvalue weighted by Crippen LogP contribution is 2.02. The van der Waals surface area contributed by atoms with Crippen molar-refractivity contribution in [3.63, 3.8) is 0 Å². The van der Waals surface area contributed by atoms with E-state index in [-0.39, 0.29) is 11.9 Å². The zero-order valence-electron chi connectivity index (χ0n) is 9.65. The Bertz CT molecular complexity index is 460. The number of benzene rings is 1. The molecule has 17 heavy (non-hydrogen) atoms. The largest absolute Gasteiger partial charge is 0.360 e. The average molecular weight is 247 g/mol. The van der Waals surface area contributed by atoms with E-state index < -0.39 is 0 Å². The molecular formula is C12H13N3OS. The Morgan fingerprint density at radius 2 is 1.94 bits per heavy atom. The van der Waals surface area contributed by atoms with Crippen LogP contribution in [0.3, 0.4) is 0 Å². The Labute approximate surface area is 106 Å². The lowest BCUT2D eigenvalue weighted by Crippen LogP contribution is -2.42. The van der Waals surface area contributed by atoms with Crippen molar-refractivity contribution >= 4 is 23.2 Å². The lowest BCUT2D eigenvalue weighted by Gasteiger charge is -2.11. The van der Waals surface area contributed by atoms with Gasteiger partial charge in [-0.1, -0.05) is 0 Å². The topological polar surface area (TPSA) is 64.9 Å². The van der Waals surface area contributed by atoms with Crippen LogP contribution < -0.4 is 10.6 Å². The van der Waals surface area contributed by atoms with Crippen molar-refractivity contribution in [2.75, 3.05) is 0 Å². The van der Waals surface area contributed by atoms with E-state index in [1.807, 2.05) is 19.9 Å². The quantitative estimate of drug-likeness (QED) is 0.779. The van der Waals surface area contributed by atoms with Crippen LogP contribution in [-0.2, 0) is 0 Å². The van der Waals surface area contributed by atoms with Crippen molar-refractivity contribution in [1.82, 2.24) is 10.6 Å². The first-order chi connectivity index (χ1) is 8.02. The van der Waals surface area contributed by atoms with Crippen LogP contribution in [0.4, 0.5) is 0 Å². The smallest absolute Gasteiger partial charge is 0.257 e. The molecule has 0 saturated carbocycles. The molecule has 0 aromatic heterocycles. The predicted octanol–water partition coefficient (Wildman–Crippen LogP) is 1.57. The first-order valence-electron chi connectivity index (χ1n) is 5.15. The summed E-state index contributed by atoms with van der Waals surface area (Å²) in [5.41, 5.74) is 0.987. The third-order valence-corrected chi connectivity index (χ3v) is 2.14. The Hall–Kier alpha value is -1.93. The summed E-state index contributed by atoms with van der Waals surface area (Å²) >= 11 is 4.96. The van der Waals surface area contributed by atoms with Crippen LogP contribution in [0.5, 0.6) is 0 Å². The predicted molar refractivity (Wildman–Crippen MR) is 69.5 cm³/mol. The highest BCUT2D eigenvalue weighted by atomic mass is 32.1. The van der Waals surface area contributed by atoms with Gasteiger partial charge in [0.25, 0.3) is 5.91 Å². The van der Waals surface area contributed by atoms with Gasteiger partial charge in [0, 0.05) is 11.6 Å². The number of carbonyl (C=O) groups is 1. The van der Waals surface area contributed by atoms with Gasteiger partial charge in [0.15, 0.2) is 5.11 Å². The van der Waals surface area contributed by atoms with Crippen LogP contribution in [-0.4, -0.2) is 17.1 Å². The van der Waals surface area contributed by atoms with E-state index >= 15 is 0 Å². The van der Waals surface area contributed by atoms with Crippen LogP contribution in [0.25, 0.3) is 0 Å². The number of nitrogens with zero attached hydrogens (tertiary/aromatic N) is 1. The molecule has 0 bridgehead atoms. The molecule has 1 amide bonds. The van der Waals surface area contributed by atoms with Crippen molar-refractivity contribution in [2.24, 2.45) is 0 Å². The minimum atomic E-state index is -0.285. The fourth-order valence-corrected chi connectivity index (χ4v) is 1.50. The van der Waals surface area contributed by atoms with Gasteiger partial charge >= 0.3 is 0 Å². The summed E-state index contributed by atoms with van der Waals surface area (Å²) in [6.07, 6.45) is 0. The molecule has 0 aliphatic carbocycles. The van der Waals surface area contributed by atoms with Crippen molar-refractivity contribution in [1.29, 1.82) is 5.26 Å². The number of thiocarbonyl (C=S) groups is 1. The third-order valence-electron chi connectivity index (χ3n) is 1.92. The molecule has 0 heterocycles. The molecule has 0 saturated heterocycles. The van der Waals surface area contributed by atoms with Gasteiger partial charge in [0.05, 0.1) is 11.6 Å². The zero-order chi connectivity index (χ0) is 12.8. The van der Waals surface area contributed by atoms with E-state index in [4.69, 9.17) is 17.5 Å². The minimum absolute atomic E-state index is 0.170. The van der Waals surface area contributed by atoms with E-state index in [0.717, 1.165) is 0 Å². The molecule has 0 spiro atoms. The second-order valence-corrected chi connectivity index (χ2v) is 4.18. The molecule has 0 atom stereocenters. The number of amides is 1. The van der Waals surface area contributed by atoms with Gasteiger partial charge in [0.2, 0.25) is 0 Å². The normalized spacial score (nSPS) is 9.53. The first-order valence-corrected chi connectivity index (χ1v) is 5.55. The van der Waals surface area contributed by atoms with Crippen molar-refractivity contribution in [3.05, 3.63) is 35.4 Å². The summed E-state index contributed by atoms with van der Waals surface area (Å²) in [7, 11) is 0. The molecular weight excluding hydrogens is 234 g/mol. The molecule has 1 aromatic rings. The van der Waals surface area contributed by atoms with Gasteiger partial charge < -0.3 is 5.32 Å². The van der Waals surface area contributed by atoms with Crippen LogP contribution in [0.15, 0.2) is 24.3 Å². The van der Waals surface area contributed by atoms with Gasteiger partial charge in [-0.05, 0) is 50.3 Å². The van der Waals surface area contributed by atoms with Crippen LogP contribution in [0.1, 0.15) is 29.8 Å². The molecule has 0 aliphatic heterocycles. The second-order valence-electron chi connectivity index (χ2n) is 3.77. The Kier molecular flexibility index (Phi) is 4.61. The van der Waals surface area contributed by atoms with E-state index in [1.54, 1.807) is 24.3 Å². The van der Waals surface area contributed by atoms with Gasteiger partial charge in [-0.15, -0.1) is 0 Å². The molecule has 5 heteroatoms. The Balaban J connectivity index is 2.64. The zero-order valence-corrected chi connectivity index (χ0v) is 10.5. The molecule has 0 unspecified atom stereocenters. The Morgan fingerprint density at radius 1 is 1.35 bits per heavy atom. The fourth-order valence-electron chi connectivity index (χ4n) is 1.17. The number of hydrogen-bond acceptors (Lipinski definition) is 3. The van der Waals surface area contributed by atoms with E-state index in [9.17, 15) is 4.79 Å². The maximum absolute atomic E-state index is 11.7. The summed E-state index contributed by atoms with van der Waals surface area (Å²) in [5.74, 6) is -0.285. The maximum atomic E-state index is 11.7. The van der Waals surface area contributed by atoms with E-state index in [0.29, 0.717) is 16.2 Å². The monoisotopic (exact) mass is 247 g/mol. The highest BCUT2D eigenvalue weighted by molar-refractivity contribution is 7.80. The SMILES string of the molecule is CC(C)NC(=S)NC(=O)c1ccc(C#N)cc1. The molecule has 0 radical (unpaired) electrons. The van der Waals surface area contributed by atoms with Gasteiger partial charge in [-0.2, -0.15) is 5.26 Å². The first kappa shape index (κ1) is 13.1. The maximum Gasteiger partial charge on any atom is 0.257 e. The van der Waals surface area contributed by atoms with Crippen LogP contribution >= 0.6 is 12.2 Å². The third kappa shape index (κ3) is 4.21. The number of hydrogen-bond donors (Lipinski definition) is 2. The lowest BCUT2D eigenvalue weighted by molar-refractivity contribution is 0.0976. The standard InChI is InChI=1S/C12H13N3OS/c1-8(2)14-12(17)15-11(16)10-5-3-9(7-13)4-6-10/h3-6,8H,1-2H3,(H2,14,15,16,17). The van der Waals surface area contributed by atoms with E-state index in [2.05, 4.69) is 10.6 Å². The fraction of sp³-hybridized carbons (Fsp3) is 0.250. The van der Waals surface area contributed by atoms with Crippen molar-refractivity contribution in [3.8, 4) is 6.07 Å². The highest BCUT2D eigenvalue weighted by Gasteiger charge is 2.07. The molecule has 1 rings (SSSR count). The molecule has 1 aromatic carbocycles. The average Bonchev–Trinajstić information content (AvgIpc) is 2.28. The van der Waals surface area contributed by atoms with Gasteiger partial charge in [0.1, 0.15) is 0 Å². The molecule has 4 nitrogen and oxygen atoms in total. The van der Waals surface area contributed by atoms with Gasteiger partial charge in [-0.3, -0.25) is 10.1 Å². The van der Waals surface area contributed by atoms with Gasteiger partial charge in [-0.25, -0.2) is 0 Å². The molecule has 0 aliphatic rings. The van der Waals surface area contributed by atoms with Crippen molar-refractivity contribution < 1.29 is 4.79 Å². The summed E-state index contributed by atoms with van der Waals surface area (Å²) in [6.45, 7) is 3.86. The van der Waals surface area contributed by atoms with Crippen LogP contribution in [0.2, 0.25) is 0 Å². The minimum Gasteiger partial charge on any atom is -0.360 e. The summed E-state index contributed by atoms with van der Waals surface area (Å²) in [6, 6.07) is 8.52.